The van der Waals surface area contributed by atoms with Crippen molar-refractivity contribution in [2.24, 2.45) is 0 Å². The van der Waals surface area contributed by atoms with Gasteiger partial charge < -0.3 is 10.4 Å². The lowest BCUT2D eigenvalue weighted by atomic mass is 10.2. The fourth-order valence-corrected chi connectivity index (χ4v) is 2.34. The highest BCUT2D eigenvalue weighted by Gasteiger charge is 2.12. The van der Waals surface area contributed by atoms with Crippen LogP contribution in [0.4, 0.5) is 0 Å². The average molecular weight is 267 g/mol. The third-order valence-electron chi connectivity index (χ3n) is 2.12. The first kappa shape index (κ1) is 14.6. The first-order valence-corrected chi connectivity index (χ1v) is 6.64. The summed E-state index contributed by atoms with van der Waals surface area (Å²) in [5.74, 6) is -1.14. The van der Waals surface area contributed by atoms with E-state index >= 15 is 0 Å². The van der Waals surface area contributed by atoms with Crippen molar-refractivity contribution in [3.05, 3.63) is 29.8 Å². The van der Waals surface area contributed by atoms with Crippen molar-refractivity contribution in [2.75, 3.05) is 6.54 Å². The van der Waals surface area contributed by atoms with Crippen LogP contribution in [0.3, 0.4) is 0 Å². The highest BCUT2D eigenvalue weighted by Crippen LogP contribution is 2.26. The van der Waals surface area contributed by atoms with E-state index in [0.29, 0.717) is 10.8 Å². The molecule has 0 spiro atoms. The smallest absolute Gasteiger partial charge is 0.305 e. The molecule has 0 saturated carbocycles. The molecule has 2 N–H and O–H groups in total. The van der Waals surface area contributed by atoms with Crippen LogP contribution in [0.15, 0.2) is 29.2 Å². The van der Waals surface area contributed by atoms with Gasteiger partial charge in [-0.05, 0) is 12.1 Å². The Hall–Kier alpha value is -1.49. The van der Waals surface area contributed by atoms with Gasteiger partial charge in [-0.15, -0.1) is 11.8 Å². The SMILES string of the molecule is CC(C)Sc1ccccc1C(=O)NCCC(=O)O. The van der Waals surface area contributed by atoms with Gasteiger partial charge >= 0.3 is 5.97 Å². The quantitative estimate of drug-likeness (QED) is 0.777. The Kier molecular flexibility index (Phi) is 5.71. The van der Waals surface area contributed by atoms with E-state index in [1.165, 1.54) is 0 Å². The van der Waals surface area contributed by atoms with Gasteiger partial charge in [0.05, 0.1) is 12.0 Å². The number of amides is 1. The molecule has 18 heavy (non-hydrogen) atoms. The summed E-state index contributed by atoms with van der Waals surface area (Å²) >= 11 is 1.62. The molecule has 1 amide bonds. The largest absolute Gasteiger partial charge is 0.481 e. The molecule has 0 unspecified atom stereocenters. The van der Waals surface area contributed by atoms with Crippen molar-refractivity contribution in [1.29, 1.82) is 0 Å². The van der Waals surface area contributed by atoms with E-state index in [1.807, 2.05) is 12.1 Å². The lowest BCUT2D eigenvalue weighted by Crippen LogP contribution is -2.26. The number of carbonyl (C=O) groups excluding carboxylic acids is 1. The molecule has 0 saturated heterocycles. The zero-order chi connectivity index (χ0) is 13.5. The molecule has 1 rings (SSSR count). The molecule has 0 fully saturated rings. The predicted molar refractivity (Wildman–Crippen MR) is 72.0 cm³/mol. The summed E-state index contributed by atoms with van der Waals surface area (Å²) in [6.07, 6.45) is -0.0643. The summed E-state index contributed by atoms with van der Waals surface area (Å²) in [5.41, 5.74) is 0.599. The molecule has 1 aromatic carbocycles. The second-order valence-corrected chi connectivity index (χ2v) is 5.68. The zero-order valence-electron chi connectivity index (χ0n) is 10.5. The number of carboxylic acid groups (broad SMARTS) is 1. The minimum Gasteiger partial charge on any atom is -0.481 e. The van der Waals surface area contributed by atoms with Crippen molar-refractivity contribution in [2.45, 2.75) is 30.4 Å². The number of rotatable bonds is 6. The lowest BCUT2D eigenvalue weighted by Gasteiger charge is -2.10. The van der Waals surface area contributed by atoms with Crippen LogP contribution in [0.2, 0.25) is 0 Å². The average Bonchev–Trinajstić information content (AvgIpc) is 2.28. The minimum absolute atomic E-state index is 0.0643. The summed E-state index contributed by atoms with van der Waals surface area (Å²) in [6, 6.07) is 7.34. The van der Waals surface area contributed by atoms with E-state index < -0.39 is 5.97 Å². The standard InChI is InChI=1S/C13H17NO3S/c1-9(2)18-11-6-4-3-5-10(11)13(17)14-8-7-12(15)16/h3-6,9H,7-8H2,1-2H3,(H,14,17)(H,15,16). The second kappa shape index (κ2) is 7.06. The van der Waals surface area contributed by atoms with Crippen LogP contribution in [-0.2, 0) is 4.79 Å². The summed E-state index contributed by atoms with van der Waals surface area (Å²) in [7, 11) is 0. The van der Waals surface area contributed by atoms with Crippen LogP contribution < -0.4 is 5.32 Å². The zero-order valence-corrected chi connectivity index (χ0v) is 11.3. The number of hydrogen-bond donors (Lipinski definition) is 2. The molecule has 0 aliphatic carbocycles. The molecule has 0 radical (unpaired) electrons. The van der Waals surface area contributed by atoms with E-state index in [0.717, 1.165) is 4.90 Å². The Balaban J connectivity index is 2.69. The summed E-state index contributed by atoms with van der Waals surface area (Å²) < 4.78 is 0. The first-order chi connectivity index (χ1) is 8.50. The number of hydrogen-bond acceptors (Lipinski definition) is 3. The summed E-state index contributed by atoms with van der Waals surface area (Å²) in [6.45, 7) is 4.27. The number of nitrogens with one attached hydrogen (secondary N) is 1. The maximum absolute atomic E-state index is 11.9. The van der Waals surface area contributed by atoms with Crippen LogP contribution in [0.1, 0.15) is 30.6 Å². The highest BCUT2D eigenvalue weighted by atomic mass is 32.2. The van der Waals surface area contributed by atoms with Crippen molar-refractivity contribution >= 4 is 23.6 Å². The van der Waals surface area contributed by atoms with Crippen molar-refractivity contribution in [3.63, 3.8) is 0 Å². The number of benzene rings is 1. The lowest BCUT2D eigenvalue weighted by molar-refractivity contribution is -0.136. The molecule has 0 aliphatic heterocycles. The molecule has 4 nitrogen and oxygen atoms in total. The molecular formula is C13H17NO3S. The maximum atomic E-state index is 11.9. The van der Waals surface area contributed by atoms with Crippen molar-refractivity contribution in [3.8, 4) is 0 Å². The number of thioether (sulfide) groups is 1. The van der Waals surface area contributed by atoms with Crippen LogP contribution in [0.5, 0.6) is 0 Å². The third-order valence-corrected chi connectivity index (χ3v) is 3.20. The Morgan fingerprint density at radius 3 is 2.61 bits per heavy atom. The topological polar surface area (TPSA) is 66.4 Å². The van der Waals surface area contributed by atoms with E-state index in [-0.39, 0.29) is 18.9 Å². The number of carboxylic acids is 1. The van der Waals surface area contributed by atoms with Gasteiger partial charge in [-0.2, -0.15) is 0 Å². The van der Waals surface area contributed by atoms with Gasteiger partial charge in [-0.3, -0.25) is 9.59 Å². The van der Waals surface area contributed by atoms with Crippen LogP contribution in [0, 0.1) is 0 Å². The molecule has 0 atom stereocenters. The molecule has 0 heterocycles. The van der Waals surface area contributed by atoms with E-state index in [4.69, 9.17) is 5.11 Å². The molecule has 1 aromatic rings. The van der Waals surface area contributed by atoms with E-state index in [2.05, 4.69) is 19.2 Å². The minimum atomic E-state index is -0.917. The first-order valence-electron chi connectivity index (χ1n) is 5.76. The van der Waals surface area contributed by atoms with Gasteiger partial charge in [0.1, 0.15) is 0 Å². The Morgan fingerprint density at radius 2 is 2.00 bits per heavy atom. The fourth-order valence-electron chi connectivity index (χ4n) is 1.39. The normalized spacial score (nSPS) is 10.4. The summed E-state index contributed by atoms with van der Waals surface area (Å²) in [5, 5.41) is 11.5. The maximum Gasteiger partial charge on any atom is 0.305 e. The predicted octanol–water partition coefficient (Wildman–Crippen LogP) is 2.39. The summed E-state index contributed by atoms with van der Waals surface area (Å²) in [4.78, 5) is 23.2. The molecule has 98 valence electrons. The number of aliphatic carboxylic acids is 1. The third kappa shape index (κ3) is 4.79. The molecular weight excluding hydrogens is 250 g/mol. The van der Waals surface area contributed by atoms with Gasteiger partial charge in [0.15, 0.2) is 0 Å². The van der Waals surface area contributed by atoms with Crippen molar-refractivity contribution in [1.82, 2.24) is 5.32 Å². The van der Waals surface area contributed by atoms with Crippen LogP contribution >= 0.6 is 11.8 Å². The van der Waals surface area contributed by atoms with Gasteiger partial charge in [0, 0.05) is 16.7 Å². The molecule has 5 heteroatoms. The fraction of sp³-hybridized carbons (Fsp3) is 0.385. The van der Waals surface area contributed by atoms with Gasteiger partial charge in [0.25, 0.3) is 5.91 Å². The molecule has 0 aromatic heterocycles. The van der Waals surface area contributed by atoms with Gasteiger partial charge in [-0.25, -0.2) is 0 Å². The monoisotopic (exact) mass is 267 g/mol. The second-order valence-electron chi connectivity index (χ2n) is 4.06. The van der Waals surface area contributed by atoms with Crippen molar-refractivity contribution < 1.29 is 14.7 Å². The van der Waals surface area contributed by atoms with Crippen LogP contribution in [-0.4, -0.2) is 28.8 Å². The Labute approximate surface area is 111 Å². The van der Waals surface area contributed by atoms with E-state index in [1.54, 1.807) is 23.9 Å². The van der Waals surface area contributed by atoms with Crippen LogP contribution in [0.25, 0.3) is 0 Å². The molecule has 0 aliphatic rings. The number of carbonyl (C=O) groups is 2. The van der Waals surface area contributed by atoms with E-state index in [9.17, 15) is 9.59 Å². The van der Waals surface area contributed by atoms with Gasteiger partial charge in [0.2, 0.25) is 0 Å². The Morgan fingerprint density at radius 1 is 1.33 bits per heavy atom. The molecule has 0 bridgehead atoms. The Bertz CT molecular complexity index is 432. The highest BCUT2D eigenvalue weighted by molar-refractivity contribution is 8.00. The van der Waals surface area contributed by atoms with Gasteiger partial charge in [-0.1, -0.05) is 26.0 Å².